The van der Waals surface area contributed by atoms with E-state index in [1.807, 2.05) is 6.07 Å². The van der Waals surface area contributed by atoms with E-state index in [2.05, 4.69) is 36.5 Å². The third-order valence-electron chi connectivity index (χ3n) is 3.07. The zero-order valence-corrected chi connectivity index (χ0v) is 9.99. The number of hydrogen-bond donors (Lipinski definition) is 1. The molecule has 16 heavy (non-hydrogen) atoms. The smallest absolute Gasteiger partial charge is 0.0717 e. The fourth-order valence-corrected chi connectivity index (χ4v) is 2.00. The SMILES string of the molecule is CCNC(COCc1ccccc1)C1CC1. The van der Waals surface area contributed by atoms with Crippen LogP contribution in [0.1, 0.15) is 25.3 Å². The van der Waals surface area contributed by atoms with Crippen LogP contribution in [0.15, 0.2) is 30.3 Å². The first-order valence-electron chi connectivity index (χ1n) is 6.25. The molecule has 1 aromatic rings. The molecule has 0 aliphatic heterocycles. The van der Waals surface area contributed by atoms with Gasteiger partial charge in [-0.25, -0.2) is 0 Å². The second-order valence-electron chi connectivity index (χ2n) is 4.50. The van der Waals surface area contributed by atoms with Gasteiger partial charge in [-0.15, -0.1) is 0 Å². The highest BCUT2D eigenvalue weighted by Gasteiger charge is 2.30. The van der Waals surface area contributed by atoms with E-state index < -0.39 is 0 Å². The molecule has 0 spiro atoms. The van der Waals surface area contributed by atoms with Crippen molar-refractivity contribution in [3.63, 3.8) is 0 Å². The summed E-state index contributed by atoms with van der Waals surface area (Å²) in [6, 6.07) is 10.9. The Labute approximate surface area is 98.0 Å². The van der Waals surface area contributed by atoms with Gasteiger partial charge in [0.1, 0.15) is 0 Å². The van der Waals surface area contributed by atoms with Gasteiger partial charge in [-0.05, 0) is 30.9 Å². The van der Waals surface area contributed by atoms with E-state index in [0.717, 1.165) is 25.7 Å². The van der Waals surface area contributed by atoms with Gasteiger partial charge < -0.3 is 10.1 Å². The Bertz CT molecular complexity index is 295. The van der Waals surface area contributed by atoms with Gasteiger partial charge in [-0.1, -0.05) is 37.3 Å². The van der Waals surface area contributed by atoms with Gasteiger partial charge in [0, 0.05) is 6.04 Å². The lowest BCUT2D eigenvalue weighted by atomic mass is 10.2. The zero-order valence-electron chi connectivity index (χ0n) is 9.99. The Hall–Kier alpha value is -0.860. The van der Waals surface area contributed by atoms with Crippen LogP contribution in [-0.4, -0.2) is 19.2 Å². The van der Waals surface area contributed by atoms with Gasteiger partial charge in [-0.3, -0.25) is 0 Å². The van der Waals surface area contributed by atoms with Gasteiger partial charge in [0.15, 0.2) is 0 Å². The van der Waals surface area contributed by atoms with Crippen LogP contribution < -0.4 is 5.32 Å². The predicted octanol–water partition coefficient (Wildman–Crippen LogP) is 2.59. The number of rotatable bonds is 7. The highest BCUT2D eigenvalue weighted by atomic mass is 16.5. The van der Waals surface area contributed by atoms with E-state index in [4.69, 9.17) is 4.74 Å². The van der Waals surface area contributed by atoms with Crippen molar-refractivity contribution >= 4 is 0 Å². The first kappa shape index (κ1) is 11.6. The summed E-state index contributed by atoms with van der Waals surface area (Å²) >= 11 is 0. The minimum absolute atomic E-state index is 0.564. The van der Waals surface area contributed by atoms with E-state index in [-0.39, 0.29) is 0 Å². The Morgan fingerprint density at radius 1 is 1.31 bits per heavy atom. The fourth-order valence-electron chi connectivity index (χ4n) is 2.00. The molecule has 2 rings (SSSR count). The van der Waals surface area contributed by atoms with Crippen molar-refractivity contribution in [3.05, 3.63) is 35.9 Å². The maximum Gasteiger partial charge on any atom is 0.0717 e. The molecule has 1 fully saturated rings. The molecule has 1 atom stereocenters. The minimum Gasteiger partial charge on any atom is -0.375 e. The lowest BCUT2D eigenvalue weighted by Gasteiger charge is -2.17. The Morgan fingerprint density at radius 3 is 2.69 bits per heavy atom. The van der Waals surface area contributed by atoms with Crippen LogP contribution in [0, 0.1) is 5.92 Å². The van der Waals surface area contributed by atoms with Crippen LogP contribution in [0.5, 0.6) is 0 Å². The van der Waals surface area contributed by atoms with Crippen LogP contribution >= 0.6 is 0 Å². The summed E-state index contributed by atoms with van der Waals surface area (Å²) in [5, 5.41) is 3.51. The van der Waals surface area contributed by atoms with E-state index in [9.17, 15) is 0 Å². The molecule has 1 saturated carbocycles. The summed E-state index contributed by atoms with van der Waals surface area (Å²) in [6.45, 7) is 4.77. The molecule has 0 amide bonds. The maximum absolute atomic E-state index is 5.77. The molecule has 1 unspecified atom stereocenters. The van der Waals surface area contributed by atoms with Gasteiger partial charge in [-0.2, -0.15) is 0 Å². The second-order valence-corrected chi connectivity index (χ2v) is 4.50. The van der Waals surface area contributed by atoms with Crippen LogP contribution in [0.2, 0.25) is 0 Å². The van der Waals surface area contributed by atoms with Crippen LogP contribution in [0.25, 0.3) is 0 Å². The maximum atomic E-state index is 5.77. The van der Waals surface area contributed by atoms with Crippen LogP contribution in [-0.2, 0) is 11.3 Å². The normalized spacial score (nSPS) is 17.3. The van der Waals surface area contributed by atoms with Crippen molar-refractivity contribution in [1.82, 2.24) is 5.32 Å². The number of ether oxygens (including phenoxy) is 1. The molecular weight excluding hydrogens is 198 g/mol. The van der Waals surface area contributed by atoms with E-state index in [0.29, 0.717) is 6.04 Å². The topological polar surface area (TPSA) is 21.3 Å². The summed E-state index contributed by atoms with van der Waals surface area (Å²) in [4.78, 5) is 0. The van der Waals surface area contributed by atoms with Gasteiger partial charge >= 0.3 is 0 Å². The van der Waals surface area contributed by atoms with Crippen molar-refractivity contribution in [2.45, 2.75) is 32.4 Å². The molecule has 0 radical (unpaired) electrons. The van der Waals surface area contributed by atoms with Gasteiger partial charge in [0.2, 0.25) is 0 Å². The van der Waals surface area contributed by atoms with Crippen molar-refractivity contribution in [2.24, 2.45) is 5.92 Å². The number of hydrogen-bond acceptors (Lipinski definition) is 2. The van der Waals surface area contributed by atoms with Crippen molar-refractivity contribution in [2.75, 3.05) is 13.2 Å². The summed E-state index contributed by atoms with van der Waals surface area (Å²) in [7, 11) is 0. The molecule has 2 nitrogen and oxygen atoms in total. The third-order valence-corrected chi connectivity index (χ3v) is 3.07. The molecule has 0 saturated heterocycles. The van der Waals surface area contributed by atoms with Crippen LogP contribution in [0.3, 0.4) is 0 Å². The number of likely N-dealkylation sites (N-methyl/N-ethyl adjacent to an activating group) is 1. The Morgan fingerprint density at radius 2 is 2.06 bits per heavy atom. The lowest BCUT2D eigenvalue weighted by molar-refractivity contribution is 0.0934. The number of benzene rings is 1. The molecule has 0 aromatic heterocycles. The Balaban J connectivity index is 1.70. The molecule has 1 aliphatic carbocycles. The fraction of sp³-hybridized carbons (Fsp3) is 0.571. The lowest BCUT2D eigenvalue weighted by Crippen LogP contribution is -2.35. The van der Waals surface area contributed by atoms with Gasteiger partial charge in [0.25, 0.3) is 0 Å². The first-order chi connectivity index (χ1) is 7.90. The molecule has 88 valence electrons. The van der Waals surface area contributed by atoms with E-state index >= 15 is 0 Å². The molecular formula is C14H21NO. The highest BCUT2D eigenvalue weighted by Crippen LogP contribution is 2.32. The van der Waals surface area contributed by atoms with Crippen molar-refractivity contribution in [1.29, 1.82) is 0 Å². The summed E-state index contributed by atoms with van der Waals surface area (Å²) in [5.74, 6) is 0.857. The molecule has 1 N–H and O–H groups in total. The van der Waals surface area contributed by atoms with Gasteiger partial charge in [0.05, 0.1) is 13.2 Å². The quantitative estimate of drug-likeness (QED) is 0.761. The van der Waals surface area contributed by atoms with E-state index in [1.165, 1.54) is 18.4 Å². The monoisotopic (exact) mass is 219 g/mol. The van der Waals surface area contributed by atoms with Crippen molar-refractivity contribution < 1.29 is 4.74 Å². The summed E-state index contributed by atoms with van der Waals surface area (Å²) in [5.41, 5.74) is 1.26. The van der Waals surface area contributed by atoms with Crippen molar-refractivity contribution in [3.8, 4) is 0 Å². The summed E-state index contributed by atoms with van der Waals surface area (Å²) < 4.78 is 5.77. The second kappa shape index (κ2) is 6.02. The highest BCUT2D eigenvalue weighted by molar-refractivity contribution is 5.13. The standard InChI is InChI=1S/C14H21NO/c1-2-15-14(13-8-9-13)11-16-10-12-6-4-3-5-7-12/h3-7,13-15H,2,8-11H2,1H3. The minimum atomic E-state index is 0.564. The Kier molecular flexibility index (Phi) is 4.37. The first-order valence-corrected chi connectivity index (χ1v) is 6.25. The molecule has 1 aliphatic rings. The molecule has 1 aromatic carbocycles. The largest absolute Gasteiger partial charge is 0.375 e. The summed E-state index contributed by atoms with van der Waals surface area (Å²) in [6.07, 6.45) is 2.73. The molecule has 0 bridgehead atoms. The zero-order chi connectivity index (χ0) is 11.2. The van der Waals surface area contributed by atoms with Crippen LogP contribution in [0.4, 0.5) is 0 Å². The molecule has 2 heteroatoms. The average Bonchev–Trinajstić information content (AvgIpc) is 3.13. The molecule has 0 heterocycles. The van der Waals surface area contributed by atoms with E-state index in [1.54, 1.807) is 0 Å². The average molecular weight is 219 g/mol. The number of nitrogens with one attached hydrogen (secondary N) is 1. The third kappa shape index (κ3) is 3.62. The predicted molar refractivity (Wildman–Crippen MR) is 66.3 cm³/mol.